The molecule has 102 valence electrons. The molecule has 0 amide bonds. The minimum absolute atomic E-state index is 0.0383. The van der Waals surface area contributed by atoms with Gasteiger partial charge in [0.05, 0.1) is 5.56 Å². The van der Waals surface area contributed by atoms with Gasteiger partial charge in [-0.1, -0.05) is 25.4 Å². The third-order valence-electron chi connectivity index (χ3n) is 2.30. The first-order valence-corrected chi connectivity index (χ1v) is 5.61. The fourth-order valence-corrected chi connectivity index (χ4v) is 1.35. The van der Waals surface area contributed by atoms with Crippen LogP contribution in [0.2, 0.25) is 5.15 Å². The van der Waals surface area contributed by atoms with Crippen molar-refractivity contribution >= 4 is 17.4 Å². The second kappa shape index (κ2) is 5.32. The maximum absolute atomic E-state index is 12.5. The molecule has 0 aliphatic carbocycles. The van der Waals surface area contributed by atoms with Crippen LogP contribution >= 0.6 is 11.6 Å². The third kappa shape index (κ3) is 4.34. The Hall–Kier alpha value is -1.01. The van der Waals surface area contributed by atoms with E-state index >= 15 is 0 Å². The predicted octanol–water partition coefficient (Wildman–Crippen LogP) is 3.18. The Morgan fingerprint density at radius 1 is 1.33 bits per heavy atom. The summed E-state index contributed by atoms with van der Waals surface area (Å²) >= 11 is 5.54. The number of nitrogens with zero attached hydrogens (tertiary/aromatic N) is 1. The van der Waals surface area contributed by atoms with E-state index < -0.39 is 17.2 Å². The van der Waals surface area contributed by atoms with Crippen LogP contribution in [0.4, 0.5) is 19.0 Å². The van der Waals surface area contributed by atoms with E-state index in [9.17, 15) is 13.2 Å². The molecule has 3 nitrogen and oxygen atoms in total. The summed E-state index contributed by atoms with van der Waals surface area (Å²) in [7, 11) is 0. The first-order valence-electron chi connectivity index (χ1n) is 5.23. The number of nitrogens with one attached hydrogen (secondary N) is 1. The molecule has 1 aromatic rings. The topological polar surface area (TPSA) is 45.1 Å². The van der Waals surface area contributed by atoms with Gasteiger partial charge in [-0.05, 0) is 12.1 Å². The van der Waals surface area contributed by atoms with Gasteiger partial charge in [-0.3, -0.25) is 0 Å². The van der Waals surface area contributed by atoms with E-state index in [4.69, 9.17) is 16.7 Å². The number of hydrogen-bond acceptors (Lipinski definition) is 3. The highest BCUT2D eigenvalue weighted by Gasteiger charge is 2.31. The van der Waals surface area contributed by atoms with Crippen molar-refractivity contribution in [3.05, 3.63) is 22.8 Å². The maximum atomic E-state index is 12.5. The number of hydrogen-bond donors (Lipinski definition) is 2. The highest BCUT2D eigenvalue weighted by molar-refractivity contribution is 6.29. The minimum Gasteiger partial charge on any atom is -0.396 e. The van der Waals surface area contributed by atoms with Gasteiger partial charge in [0.15, 0.2) is 0 Å². The smallest absolute Gasteiger partial charge is 0.396 e. The summed E-state index contributed by atoms with van der Waals surface area (Å²) in [6.07, 6.45) is -4.46. The lowest BCUT2D eigenvalue weighted by molar-refractivity contribution is -0.137. The lowest BCUT2D eigenvalue weighted by Gasteiger charge is -2.22. The number of aliphatic hydroxyl groups excluding tert-OH is 1. The molecule has 0 aromatic carbocycles. The van der Waals surface area contributed by atoms with E-state index in [1.54, 1.807) is 13.8 Å². The summed E-state index contributed by atoms with van der Waals surface area (Å²) in [6.45, 7) is 3.74. The van der Waals surface area contributed by atoms with Crippen LogP contribution in [0.1, 0.15) is 19.4 Å². The Balaban J connectivity index is 2.88. The Morgan fingerprint density at radius 3 is 2.44 bits per heavy atom. The second-order valence-electron chi connectivity index (χ2n) is 4.74. The molecular formula is C11H14ClF3N2O. The van der Waals surface area contributed by atoms with E-state index in [0.29, 0.717) is 0 Å². The zero-order valence-corrected chi connectivity index (χ0v) is 10.7. The van der Waals surface area contributed by atoms with Crippen molar-refractivity contribution in [3.63, 3.8) is 0 Å². The molecule has 0 aliphatic heterocycles. The number of aliphatic hydroxyl groups is 1. The Kier molecular flexibility index (Phi) is 4.45. The molecule has 1 heterocycles. The van der Waals surface area contributed by atoms with Crippen molar-refractivity contribution in [3.8, 4) is 0 Å². The summed E-state index contributed by atoms with van der Waals surface area (Å²) in [5.41, 5.74) is -1.31. The van der Waals surface area contributed by atoms with Crippen LogP contribution in [-0.2, 0) is 6.18 Å². The molecule has 0 fully saturated rings. The van der Waals surface area contributed by atoms with Crippen molar-refractivity contribution in [1.29, 1.82) is 0 Å². The van der Waals surface area contributed by atoms with Gasteiger partial charge in [0.25, 0.3) is 0 Å². The summed E-state index contributed by atoms with van der Waals surface area (Å²) in [4.78, 5) is 3.76. The Bertz CT molecular complexity index is 421. The number of rotatable bonds is 4. The van der Waals surface area contributed by atoms with E-state index in [1.807, 2.05) is 0 Å². The molecule has 0 unspecified atom stereocenters. The maximum Gasteiger partial charge on any atom is 0.416 e. The predicted molar refractivity (Wildman–Crippen MR) is 63.6 cm³/mol. The number of pyridine rings is 1. The molecular weight excluding hydrogens is 269 g/mol. The highest BCUT2D eigenvalue weighted by Crippen LogP contribution is 2.32. The molecule has 7 heteroatoms. The van der Waals surface area contributed by atoms with Gasteiger partial charge in [0.2, 0.25) is 0 Å². The van der Waals surface area contributed by atoms with Crippen molar-refractivity contribution in [2.45, 2.75) is 20.0 Å². The van der Waals surface area contributed by atoms with Gasteiger partial charge in [0.1, 0.15) is 11.0 Å². The van der Waals surface area contributed by atoms with Crippen LogP contribution < -0.4 is 5.32 Å². The quantitative estimate of drug-likeness (QED) is 0.834. The van der Waals surface area contributed by atoms with Crippen molar-refractivity contribution in [2.24, 2.45) is 5.41 Å². The molecule has 18 heavy (non-hydrogen) atoms. The highest BCUT2D eigenvalue weighted by atomic mass is 35.5. The molecule has 0 radical (unpaired) electrons. The van der Waals surface area contributed by atoms with Crippen molar-refractivity contribution < 1.29 is 18.3 Å². The molecule has 0 aliphatic rings. The van der Waals surface area contributed by atoms with Gasteiger partial charge in [-0.15, -0.1) is 0 Å². The zero-order chi connectivity index (χ0) is 14.0. The standard InChI is InChI=1S/C11H14ClF3N2O/c1-10(2,6-18)5-16-9-4-7(11(13,14)15)3-8(12)17-9/h3-4,18H,5-6H2,1-2H3,(H,16,17). The largest absolute Gasteiger partial charge is 0.416 e. The summed E-state index contributed by atoms with van der Waals surface area (Å²) in [5.74, 6) is 0.0383. The summed E-state index contributed by atoms with van der Waals surface area (Å²) in [5, 5.41) is 11.5. The van der Waals surface area contributed by atoms with Crippen LogP contribution in [0.15, 0.2) is 12.1 Å². The van der Waals surface area contributed by atoms with Gasteiger partial charge < -0.3 is 10.4 Å². The average Bonchev–Trinajstić information content (AvgIpc) is 2.25. The van der Waals surface area contributed by atoms with Crippen LogP contribution in [0.25, 0.3) is 0 Å². The minimum atomic E-state index is -4.46. The van der Waals surface area contributed by atoms with E-state index in [2.05, 4.69) is 10.3 Å². The number of alkyl halides is 3. The molecule has 0 saturated carbocycles. The van der Waals surface area contributed by atoms with E-state index in [1.165, 1.54) is 0 Å². The fraction of sp³-hybridized carbons (Fsp3) is 0.545. The van der Waals surface area contributed by atoms with Gasteiger partial charge >= 0.3 is 6.18 Å². The normalized spacial score (nSPS) is 12.6. The van der Waals surface area contributed by atoms with Crippen molar-refractivity contribution in [2.75, 3.05) is 18.5 Å². The number of halogens is 4. The molecule has 1 aromatic heterocycles. The molecule has 1 rings (SSSR count). The average molecular weight is 283 g/mol. The van der Waals surface area contributed by atoms with Gasteiger partial charge in [0, 0.05) is 18.6 Å². The SMILES string of the molecule is CC(C)(CO)CNc1cc(C(F)(F)F)cc(Cl)n1. The molecule has 0 atom stereocenters. The Morgan fingerprint density at radius 2 is 1.94 bits per heavy atom. The van der Waals surface area contributed by atoms with Crippen LogP contribution in [0, 0.1) is 5.41 Å². The molecule has 0 spiro atoms. The molecule has 2 N–H and O–H groups in total. The number of anilines is 1. The summed E-state index contributed by atoms with van der Waals surface area (Å²) < 4.78 is 37.6. The first-order chi connectivity index (χ1) is 8.14. The molecule has 0 bridgehead atoms. The van der Waals surface area contributed by atoms with Crippen LogP contribution in [0.5, 0.6) is 0 Å². The first kappa shape index (κ1) is 15.0. The molecule has 0 saturated heterocycles. The lowest BCUT2D eigenvalue weighted by Crippen LogP contribution is -2.27. The monoisotopic (exact) mass is 282 g/mol. The van der Waals surface area contributed by atoms with E-state index in [0.717, 1.165) is 12.1 Å². The van der Waals surface area contributed by atoms with E-state index in [-0.39, 0.29) is 24.1 Å². The van der Waals surface area contributed by atoms with Crippen molar-refractivity contribution in [1.82, 2.24) is 4.98 Å². The number of aromatic nitrogens is 1. The van der Waals surface area contributed by atoms with Gasteiger partial charge in [-0.2, -0.15) is 13.2 Å². The van der Waals surface area contributed by atoms with Crippen LogP contribution in [0.3, 0.4) is 0 Å². The second-order valence-corrected chi connectivity index (χ2v) is 5.12. The Labute approximate surface area is 108 Å². The fourth-order valence-electron chi connectivity index (χ4n) is 1.14. The van der Waals surface area contributed by atoms with Gasteiger partial charge in [-0.25, -0.2) is 4.98 Å². The summed E-state index contributed by atoms with van der Waals surface area (Å²) in [6, 6.07) is 1.66. The third-order valence-corrected chi connectivity index (χ3v) is 2.49. The lowest BCUT2D eigenvalue weighted by atomic mass is 9.95. The van der Waals surface area contributed by atoms with Crippen LogP contribution in [-0.4, -0.2) is 23.2 Å². The zero-order valence-electron chi connectivity index (χ0n) is 9.98.